The zero-order valence-electron chi connectivity index (χ0n) is 12.2. The number of hydrogen-bond donors (Lipinski definition) is 1. The number of rotatable bonds is 3. The maximum Gasteiger partial charge on any atom is 0.133 e. The fourth-order valence-electron chi connectivity index (χ4n) is 3.09. The van der Waals surface area contributed by atoms with Crippen molar-refractivity contribution < 1.29 is 5.11 Å². The van der Waals surface area contributed by atoms with Crippen LogP contribution in [0, 0.1) is 7.14 Å². The lowest BCUT2D eigenvalue weighted by Crippen LogP contribution is -2.33. The Balaban J connectivity index is 1.86. The molecule has 0 aliphatic carbocycles. The van der Waals surface area contributed by atoms with Crippen LogP contribution < -0.4 is 0 Å². The molecule has 1 aliphatic rings. The number of aromatic hydroxyl groups is 1. The van der Waals surface area contributed by atoms with Gasteiger partial charge < -0.3 is 5.11 Å². The number of hydrogen-bond acceptors (Lipinski definition) is 3. The zero-order chi connectivity index (χ0) is 15.5. The average molecular weight is 520 g/mol. The van der Waals surface area contributed by atoms with Gasteiger partial charge in [-0.2, -0.15) is 0 Å². The van der Waals surface area contributed by atoms with E-state index in [0.717, 1.165) is 28.6 Å². The van der Waals surface area contributed by atoms with Crippen molar-refractivity contribution in [1.29, 1.82) is 0 Å². The Morgan fingerprint density at radius 2 is 2.14 bits per heavy atom. The number of halogens is 2. The highest BCUT2D eigenvalue weighted by molar-refractivity contribution is 14.1. The first-order valence-electron chi connectivity index (χ1n) is 7.46. The molecule has 1 aromatic heterocycles. The Hall–Kier alpha value is -0.410. The van der Waals surface area contributed by atoms with Gasteiger partial charge in [-0.15, -0.1) is 0 Å². The maximum absolute atomic E-state index is 10.4. The molecule has 1 atom stereocenters. The molecule has 0 radical (unpaired) electrons. The summed E-state index contributed by atoms with van der Waals surface area (Å²) in [5.41, 5.74) is 2.30. The van der Waals surface area contributed by atoms with Gasteiger partial charge in [0.15, 0.2) is 0 Å². The van der Waals surface area contributed by atoms with Gasteiger partial charge in [0, 0.05) is 34.1 Å². The van der Waals surface area contributed by atoms with Crippen LogP contribution in [-0.4, -0.2) is 21.5 Å². The predicted molar refractivity (Wildman–Crippen MR) is 105 cm³/mol. The largest absolute Gasteiger partial charge is 0.507 e. The summed E-state index contributed by atoms with van der Waals surface area (Å²) in [5.74, 6) is 0.427. The molecule has 0 saturated carbocycles. The number of piperidine rings is 1. The van der Waals surface area contributed by atoms with Gasteiger partial charge in [0.25, 0.3) is 0 Å². The van der Waals surface area contributed by atoms with Gasteiger partial charge in [0.05, 0.1) is 3.57 Å². The van der Waals surface area contributed by atoms with Crippen molar-refractivity contribution >= 4 is 45.2 Å². The Morgan fingerprint density at radius 1 is 1.27 bits per heavy atom. The monoisotopic (exact) mass is 520 g/mol. The van der Waals surface area contributed by atoms with E-state index < -0.39 is 0 Å². The minimum atomic E-state index is 0.400. The average Bonchev–Trinajstić information content (AvgIpc) is 2.53. The van der Waals surface area contributed by atoms with Crippen LogP contribution in [0.1, 0.15) is 36.4 Å². The van der Waals surface area contributed by atoms with Crippen LogP contribution in [0.2, 0.25) is 0 Å². The molecule has 3 nitrogen and oxygen atoms in total. The summed E-state index contributed by atoms with van der Waals surface area (Å²) in [7, 11) is 0. The van der Waals surface area contributed by atoms with Gasteiger partial charge in [-0.3, -0.25) is 9.88 Å². The summed E-state index contributed by atoms with van der Waals surface area (Å²) in [6, 6.07) is 8.67. The molecule has 22 heavy (non-hydrogen) atoms. The third-order valence-electron chi connectivity index (χ3n) is 4.16. The lowest BCUT2D eigenvalue weighted by atomic mass is 9.95. The Kier molecular flexibility index (Phi) is 5.56. The van der Waals surface area contributed by atoms with Crippen molar-refractivity contribution in [1.82, 2.24) is 9.88 Å². The number of phenolic OH excluding ortho intramolecular Hbond substituents is 1. The minimum absolute atomic E-state index is 0.400. The summed E-state index contributed by atoms with van der Waals surface area (Å²) in [6.07, 6.45) is 7.43. The van der Waals surface area contributed by atoms with Gasteiger partial charge in [0.2, 0.25) is 0 Å². The van der Waals surface area contributed by atoms with Crippen molar-refractivity contribution in [2.75, 3.05) is 6.54 Å². The highest BCUT2D eigenvalue weighted by Crippen LogP contribution is 2.34. The van der Waals surface area contributed by atoms with Gasteiger partial charge >= 0.3 is 0 Å². The SMILES string of the molecule is Oc1c(I)cc(I)cc1CN1CCCC[C@@H]1c1cccnc1. The minimum Gasteiger partial charge on any atom is -0.507 e. The van der Waals surface area contributed by atoms with Crippen molar-refractivity contribution in [2.45, 2.75) is 31.8 Å². The number of nitrogens with zero attached hydrogens (tertiary/aromatic N) is 2. The van der Waals surface area contributed by atoms with Gasteiger partial charge in [-0.1, -0.05) is 12.5 Å². The molecule has 3 rings (SSSR count). The second kappa shape index (κ2) is 7.44. The van der Waals surface area contributed by atoms with Crippen LogP contribution >= 0.6 is 45.2 Å². The lowest BCUT2D eigenvalue weighted by Gasteiger charge is -2.36. The predicted octanol–water partition coefficient (Wildman–Crippen LogP) is 4.72. The molecule has 0 unspecified atom stereocenters. The molecule has 1 aromatic carbocycles. The van der Waals surface area contributed by atoms with Crippen molar-refractivity contribution in [2.24, 2.45) is 0 Å². The molecule has 0 amide bonds. The Labute approximate surface area is 158 Å². The number of phenols is 1. The molecule has 1 fully saturated rings. The first kappa shape index (κ1) is 16.4. The topological polar surface area (TPSA) is 36.4 Å². The number of benzene rings is 1. The van der Waals surface area contributed by atoms with Crippen molar-refractivity contribution in [3.8, 4) is 5.75 Å². The second-order valence-electron chi connectivity index (χ2n) is 5.66. The molecule has 5 heteroatoms. The van der Waals surface area contributed by atoms with Crippen LogP contribution in [0.3, 0.4) is 0 Å². The maximum atomic E-state index is 10.4. The van der Waals surface area contributed by atoms with Crippen LogP contribution in [0.5, 0.6) is 5.75 Å². The Bertz CT molecular complexity index is 649. The molecule has 1 saturated heterocycles. The third kappa shape index (κ3) is 3.73. The molecule has 2 aromatic rings. The van der Waals surface area contributed by atoms with E-state index in [4.69, 9.17) is 0 Å². The fraction of sp³-hybridized carbons (Fsp3) is 0.353. The van der Waals surface area contributed by atoms with E-state index in [1.165, 1.54) is 22.0 Å². The summed E-state index contributed by atoms with van der Waals surface area (Å²) >= 11 is 4.52. The summed E-state index contributed by atoms with van der Waals surface area (Å²) in [5, 5.41) is 10.4. The van der Waals surface area contributed by atoms with Crippen molar-refractivity contribution in [3.05, 3.63) is 54.9 Å². The third-order valence-corrected chi connectivity index (χ3v) is 5.61. The highest BCUT2D eigenvalue weighted by atomic mass is 127. The highest BCUT2D eigenvalue weighted by Gasteiger charge is 2.25. The molecule has 1 N–H and O–H groups in total. The van der Waals surface area contributed by atoms with E-state index in [2.05, 4.69) is 67.2 Å². The van der Waals surface area contributed by atoms with Gasteiger partial charge in [-0.05, 0) is 88.3 Å². The molecular formula is C17H18I2N2O. The van der Waals surface area contributed by atoms with Gasteiger partial charge in [-0.25, -0.2) is 0 Å². The van der Waals surface area contributed by atoms with E-state index in [9.17, 15) is 5.11 Å². The van der Waals surface area contributed by atoms with E-state index in [0.29, 0.717) is 11.8 Å². The number of aromatic nitrogens is 1. The van der Waals surface area contributed by atoms with E-state index in [1.54, 1.807) is 0 Å². The standard InChI is InChI=1S/C17H18I2N2O/c18-14-8-13(17(22)15(19)9-14)11-21-7-2-1-5-16(21)12-4-3-6-20-10-12/h3-4,6,8-10,16,22H,1-2,5,7,11H2/t16-/m1/s1. The molecular weight excluding hydrogens is 502 g/mol. The lowest BCUT2D eigenvalue weighted by molar-refractivity contribution is 0.139. The zero-order valence-corrected chi connectivity index (χ0v) is 16.5. The van der Waals surface area contributed by atoms with Gasteiger partial charge in [0.1, 0.15) is 5.75 Å². The van der Waals surface area contributed by atoms with Crippen LogP contribution in [0.4, 0.5) is 0 Å². The Morgan fingerprint density at radius 3 is 2.91 bits per heavy atom. The van der Waals surface area contributed by atoms with Crippen LogP contribution in [0.15, 0.2) is 36.7 Å². The van der Waals surface area contributed by atoms with E-state index >= 15 is 0 Å². The van der Waals surface area contributed by atoms with Crippen LogP contribution in [0.25, 0.3) is 0 Å². The van der Waals surface area contributed by atoms with E-state index in [-0.39, 0.29) is 0 Å². The number of pyridine rings is 1. The van der Waals surface area contributed by atoms with Crippen molar-refractivity contribution in [3.63, 3.8) is 0 Å². The smallest absolute Gasteiger partial charge is 0.133 e. The quantitative estimate of drug-likeness (QED) is 0.596. The summed E-state index contributed by atoms with van der Waals surface area (Å²) in [6.45, 7) is 1.86. The summed E-state index contributed by atoms with van der Waals surface area (Å²) < 4.78 is 2.10. The molecule has 0 bridgehead atoms. The summed E-state index contributed by atoms with van der Waals surface area (Å²) in [4.78, 5) is 6.74. The molecule has 1 aliphatic heterocycles. The fourth-order valence-corrected chi connectivity index (χ4v) is 5.05. The van der Waals surface area contributed by atoms with E-state index in [1.807, 2.05) is 24.5 Å². The number of likely N-dealkylation sites (tertiary alicyclic amines) is 1. The molecule has 2 heterocycles. The first-order chi connectivity index (χ1) is 10.6. The molecule has 0 spiro atoms. The normalized spacial score (nSPS) is 19.3. The molecule has 116 valence electrons. The second-order valence-corrected chi connectivity index (χ2v) is 8.07. The first-order valence-corrected chi connectivity index (χ1v) is 9.62. The van der Waals surface area contributed by atoms with Crippen LogP contribution in [-0.2, 0) is 6.54 Å².